The van der Waals surface area contributed by atoms with Crippen molar-refractivity contribution in [1.82, 2.24) is 5.32 Å². The van der Waals surface area contributed by atoms with Crippen molar-refractivity contribution in [3.8, 4) is 0 Å². The van der Waals surface area contributed by atoms with Gasteiger partial charge in [0.1, 0.15) is 12.7 Å². The molecule has 5 atom stereocenters. The minimum atomic E-state index is -1.30. The minimum Gasteiger partial charge on any atom is -0.463 e. The monoisotopic (exact) mass is 375 g/mol. The third kappa shape index (κ3) is 6.31. The predicted octanol–water partition coefficient (Wildman–Crippen LogP) is -1.18. The molecule has 1 aliphatic rings. The van der Waals surface area contributed by atoms with Crippen LogP contribution in [-0.2, 0) is 47.7 Å². The number of esters is 4. The van der Waals surface area contributed by atoms with Crippen LogP contribution in [0.4, 0.5) is 0 Å². The number of hydrogen-bond donors (Lipinski definition) is 1. The van der Waals surface area contributed by atoms with Crippen LogP contribution in [0.15, 0.2) is 0 Å². The summed E-state index contributed by atoms with van der Waals surface area (Å²) >= 11 is 0. The Labute approximate surface area is 149 Å². The van der Waals surface area contributed by atoms with Crippen LogP contribution in [0.2, 0.25) is 0 Å². The van der Waals surface area contributed by atoms with Gasteiger partial charge in [-0.2, -0.15) is 0 Å². The summed E-state index contributed by atoms with van der Waals surface area (Å²) in [6.45, 7) is 4.14. The first kappa shape index (κ1) is 21.4. The molecule has 1 heterocycles. The first-order chi connectivity index (χ1) is 12.1. The number of carbonyl (C=O) groups is 5. The van der Waals surface area contributed by atoms with Crippen LogP contribution in [0.25, 0.3) is 0 Å². The van der Waals surface area contributed by atoms with E-state index < -0.39 is 54.5 Å². The largest absolute Gasteiger partial charge is 0.463 e. The summed E-state index contributed by atoms with van der Waals surface area (Å²) in [7, 11) is 0. The first-order valence-corrected chi connectivity index (χ1v) is 7.65. The highest BCUT2D eigenvalue weighted by atomic mass is 16.7. The van der Waals surface area contributed by atoms with Crippen LogP contribution >= 0.6 is 0 Å². The molecular weight excluding hydrogens is 354 g/mol. The molecule has 0 aromatic carbocycles. The number of rotatable bonds is 7. The van der Waals surface area contributed by atoms with Crippen LogP contribution in [0.1, 0.15) is 27.7 Å². The normalized spacial score (nSPS) is 27.6. The van der Waals surface area contributed by atoms with E-state index in [1.807, 2.05) is 0 Å². The lowest BCUT2D eigenvalue weighted by molar-refractivity contribution is -0.256. The molecule has 0 unspecified atom stereocenters. The molecule has 0 spiro atoms. The van der Waals surface area contributed by atoms with Crippen molar-refractivity contribution in [1.29, 1.82) is 0 Å². The number of amides is 1. The minimum absolute atomic E-state index is 0.293. The molecule has 11 nitrogen and oxygen atoms in total. The number of ether oxygens (including phenoxy) is 5. The fourth-order valence-electron chi connectivity index (χ4n) is 2.43. The van der Waals surface area contributed by atoms with Crippen molar-refractivity contribution in [2.45, 2.75) is 58.3 Å². The average Bonchev–Trinajstić information content (AvgIpc) is 2.50. The second kappa shape index (κ2) is 9.70. The van der Waals surface area contributed by atoms with E-state index in [0.717, 1.165) is 27.7 Å². The van der Waals surface area contributed by atoms with Crippen LogP contribution in [-0.4, -0.2) is 67.5 Å². The molecule has 1 saturated heterocycles. The molecule has 11 heteroatoms. The summed E-state index contributed by atoms with van der Waals surface area (Å²) in [4.78, 5) is 56.3. The SMILES string of the molecule is CC(=O)OC[C@H]1O[C@@H](NC=O)[C@H](OC(C)=O)[C@@H](OC(C)=O)[C@@H]1OC(C)=O. The van der Waals surface area contributed by atoms with E-state index in [-0.39, 0.29) is 6.61 Å². The maximum Gasteiger partial charge on any atom is 0.303 e. The molecule has 0 radical (unpaired) electrons. The number of nitrogens with one attached hydrogen (secondary N) is 1. The molecule has 0 saturated carbocycles. The van der Waals surface area contributed by atoms with Crippen LogP contribution < -0.4 is 5.32 Å². The lowest BCUT2D eigenvalue weighted by Gasteiger charge is -2.44. The van der Waals surface area contributed by atoms with Gasteiger partial charge >= 0.3 is 23.9 Å². The second-order valence-corrected chi connectivity index (χ2v) is 5.40. The van der Waals surface area contributed by atoms with Gasteiger partial charge in [0.25, 0.3) is 0 Å². The highest BCUT2D eigenvalue weighted by molar-refractivity contribution is 5.68. The molecule has 26 heavy (non-hydrogen) atoms. The van der Waals surface area contributed by atoms with Crippen LogP contribution in [0.5, 0.6) is 0 Å². The smallest absolute Gasteiger partial charge is 0.303 e. The first-order valence-electron chi connectivity index (χ1n) is 7.65. The molecule has 146 valence electrons. The zero-order chi connectivity index (χ0) is 19.9. The molecule has 1 amide bonds. The molecule has 0 aromatic heterocycles. The van der Waals surface area contributed by atoms with Gasteiger partial charge in [0, 0.05) is 27.7 Å². The van der Waals surface area contributed by atoms with Crippen molar-refractivity contribution in [3.63, 3.8) is 0 Å². The Hall–Kier alpha value is -2.69. The highest BCUT2D eigenvalue weighted by Crippen LogP contribution is 2.28. The van der Waals surface area contributed by atoms with Crippen molar-refractivity contribution in [3.05, 3.63) is 0 Å². The average molecular weight is 375 g/mol. The van der Waals surface area contributed by atoms with Gasteiger partial charge in [-0.05, 0) is 0 Å². The van der Waals surface area contributed by atoms with Gasteiger partial charge < -0.3 is 29.0 Å². The topological polar surface area (TPSA) is 144 Å². The predicted molar refractivity (Wildman–Crippen MR) is 81.2 cm³/mol. The van der Waals surface area contributed by atoms with Gasteiger partial charge in [-0.1, -0.05) is 0 Å². The molecule has 1 fully saturated rings. The summed E-state index contributed by atoms with van der Waals surface area (Å²) in [6, 6.07) is 0. The van der Waals surface area contributed by atoms with Crippen molar-refractivity contribution < 1.29 is 47.7 Å². The lowest BCUT2D eigenvalue weighted by atomic mass is 9.97. The van der Waals surface area contributed by atoms with Gasteiger partial charge in [-0.25, -0.2) is 0 Å². The van der Waals surface area contributed by atoms with E-state index in [4.69, 9.17) is 23.7 Å². The van der Waals surface area contributed by atoms with Crippen molar-refractivity contribution in [2.24, 2.45) is 0 Å². The Morgan fingerprint density at radius 2 is 1.35 bits per heavy atom. The van der Waals surface area contributed by atoms with Gasteiger partial charge in [-0.15, -0.1) is 0 Å². The third-order valence-corrected chi connectivity index (χ3v) is 3.22. The van der Waals surface area contributed by atoms with E-state index in [1.165, 1.54) is 0 Å². The molecule has 1 N–H and O–H groups in total. The molecule has 1 rings (SSSR count). The van der Waals surface area contributed by atoms with Gasteiger partial charge in [0.2, 0.25) is 6.41 Å². The second-order valence-electron chi connectivity index (χ2n) is 5.40. The molecule has 0 aromatic rings. The molecule has 1 aliphatic heterocycles. The zero-order valence-electron chi connectivity index (χ0n) is 14.8. The van der Waals surface area contributed by atoms with Crippen LogP contribution in [0.3, 0.4) is 0 Å². The third-order valence-electron chi connectivity index (χ3n) is 3.22. The standard InChI is InChI=1S/C15H21NO10/c1-7(18)22-5-11-12(23-8(2)19)13(24-9(3)20)14(25-10(4)21)15(26-11)16-6-17/h6,11-15H,5H2,1-4H3,(H,16,17)/t11-,12-,13+,14-,15-/m1/s1. The van der Waals surface area contributed by atoms with Crippen molar-refractivity contribution >= 4 is 30.3 Å². The number of carbonyl (C=O) groups excluding carboxylic acids is 5. The van der Waals surface area contributed by atoms with Gasteiger partial charge in [0.15, 0.2) is 24.5 Å². The lowest BCUT2D eigenvalue weighted by Crippen LogP contribution is -2.65. The summed E-state index contributed by atoms with van der Waals surface area (Å²) in [6.07, 6.45) is -5.86. The van der Waals surface area contributed by atoms with E-state index in [2.05, 4.69) is 5.32 Å². The Balaban J connectivity index is 3.24. The van der Waals surface area contributed by atoms with Gasteiger partial charge in [0.05, 0.1) is 0 Å². The maximum absolute atomic E-state index is 11.5. The highest BCUT2D eigenvalue weighted by Gasteiger charge is 2.52. The van der Waals surface area contributed by atoms with E-state index in [1.54, 1.807) is 0 Å². The number of hydrogen-bond acceptors (Lipinski definition) is 10. The summed E-state index contributed by atoms with van der Waals surface area (Å²) in [5, 5.41) is 2.28. The van der Waals surface area contributed by atoms with Crippen molar-refractivity contribution in [2.75, 3.05) is 6.61 Å². The quantitative estimate of drug-likeness (QED) is 0.328. The zero-order valence-corrected chi connectivity index (χ0v) is 14.8. The van der Waals surface area contributed by atoms with Gasteiger partial charge in [-0.3, -0.25) is 24.0 Å². The Kier molecular flexibility index (Phi) is 7.97. The molecule has 0 bridgehead atoms. The molecule has 0 aliphatic carbocycles. The molecular formula is C15H21NO10. The Bertz CT molecular complexity index is 563. The van der Waals surface area contributed by atoms with E-state index >= 15 is 0 Å². The van der Waals surface area contributed by atoms with E-state index in [9.17, 15) is 24.0 Å². The Morgan fingerprint density at radius 1 is 0.846 bits per heavy atom. The van der Waals surface area contributed by atoms with E-state index in [0.29, 0.717) is 6.41 Å². The summed E-state index contributed by atoms with van der Waals surface area (Å²) in [5.41, 5.74) is 0. The summed E-state index contributed by atoms with van der Waals surface area (Å²) < 4.78 is 25.8. The summed E-state index contributed by atoms with van der Waals surface area (Å²) in [5.74, 6) is -2.84. The maximum atomic E-state index is 11.5. The fourth-order valence-corrected chi connectivity index (χ4v) is 2.43. The van der Waals surface area contributed by atoms with Crippen LogP contribution in [0, 0.1) is 0 Å². The fraction of sp³-hybridized carbons (Fsp3) is 0.667. The Morgan fingerprint density at radius 3 is 1.81 bits per heavy atom.